The number of rotatable bonds is 2. The summed E-state index contributed by atoms with van der Waals surface area (Å²) in [5.41, 5.74) is -0.903. The highest BCUT2D eigenvalue weighted by atomic mass is 35.5. The van der Waals surface area contributed by atoms with E-state index in [1.54, 1.807) is 4.90 Å². The van der Waals surface area contributed by atoms with E-state index in [4.69, 9.17) is 11.6 Å². The maximum absolute atomic E-state index is 13.1. The summed E-state index contributed by atoms with van der Waals surface area (Å²) in [7, 11) is 0. The Kier molecular flexibility index (Phi) is 5.90. The predicted octanol–water partition coefficient (Wildman–Crippen LogP) is 5.09. The van der Waals surface area contributed by atoms with Gasteiger partial charge in [-0.15, -0.1) is 10.2 Å². The molecule has 2 aliphatic rings. The molecule has 2 aliphatic heterocycles. The fourth-order valence-electron chi connectivity index (χ4n) is 4.20. The summed E-state index contributed by atoms with van der Waals surface area (Å²) in [6.45, 7) is 1.90. The topological polar surface area (TPSA) is 63.1 Å². The van der Waals surface area contributed by atoms with E-state index in [0.29, 0.717) is 13.1 Å². The molecule has 1 aromatic heterocycles. The van der Waals surface area contributed by atoms with Crippen LogP contribution < -0.4 is 5.32 Å². The highest BCUT2D eigenvalue weighted by Gasteiger charge is 2.34. The predicted molar refractivity (Wildman–Crippen MR) is 107 cm³/mol. The second kappa shape index (κ2) is 8.45. The summed E-state index contributed by atoms with van der Waals surface area (Å²) >= 11 is 5.65. The molecule has 0 radical (unpaired) electrons. The number of nitrogens with one attached hydrogen (secondary N) is 1. The molecule has 0 spiro atoms. The van der Waals surface area contributed by atoms with Crippen LogP contribution in [0.2, 0.25) is 5.02 Å². The molecule has 0 saturated carbocycles. The van der Waals surface area contributed by atoms with Crippen LogP contribution in [0.25, 0.3) is 0 Å². The lowest BCUT2D eigenvalue weighted by Gasteiger charge is -2.32. The first-order valence-corrected chi connectivity index (χ1v) is 10.6. The number of alkyl halides is 3. The lowest BCUT2D eigenvalue weighted by atomic mass is 9.97. The Morgan fingerprint density at radius 2 is 1.97 bits per heavy atom. The van der Waals surface area contributed by atoms with Crippen LogP contribution in [-0.2, 0) is 19.1 Å². The van der Waals surface area contributed by atoms with Crippen LogP contribution in [0.1, 0.15) is 55.2 Å². The van der Waals surface area contributed by atoms with E-state index in [9.17, 15) is 18.0 Å². The van der Waals surface area contributed by atoms with E-state index in [1.807, 2.05) is 0 Å². The molecule has 1 N–H and O–H groups in total. The number of piperidine rings is 1. The lowest BCUT2D eigenvalue weighted by Crippen LogP contribution is -2.42. The molecule has 4 rings (SSSR count). The zero-order valence-corrected chi connectivity index (χ0v) is 17.1. The molecule has 0 aliphatic carbocycles. The largest absolute Gasteiger partial charge is 0.417 e. The number of likely N-dealkylation sites (tertiary alicyclic amines) is 1. The van der Waals surface area contributed by atoms with Crippen molar-refractivity contribution in [1.29, 1.82) is 0 Å². The Morgan fingerprint density at radius 3 is 2.77 bits per heavy atom. The van der Waals surface area contributed by atoms with Crippen molar-refractivity contribution < 1.29 is 18.0 Å². The third-order valence-corrected chi connectivity index (χ3v) is 6.06. The maximum Gasteiger partial charge on any atom is 0.417 e. The van der Waals surface area contributed by atoms with Gasteiger partial charge in [0.25, 0.3) is 0 Å². The molecule has 10 heteroatoms. The molecule has 0 bridgehead atoms. The van der Waals surface area contributed by atoms with Gasteiger partial charge in [-0.3, -0.25) is 0 Å². The summed E-state index contributed by atoms with van der Waals surface area (Å²) in [6, 6.07) is 2.95. The molecule has 1 unspecified atom stereocenters. The van der Waals surface area contributed by atoms with Gasteiger partial charge in [0.15, 0.2) is 0 Å². The Labute approximate surface area is 177 Å². The van der Waals surface area contributed by atoms with Crippen LogP contribution in [0.15, 0.2) is 18.2 Å². The van der Waals surface area contributed by atoms with Crippen LogP contribution in [0.4, 0.5) is 23.7 Å². The molecule has 2 aromatic rings. The molecule has 1 saturated heterocycles. The fourth-order valence-corrected chi connectivity index (χ4v) is 4.43. The number of anilines is 1. The van der Waals surface area contributed by atoms with Gasteiger partial charge in [0.1, 0.15) is 11.6 Å². The Hall–Kier alpha value is -2.29. The Morgan fingerprint density at radius 1 is 1.13 bits per heavy atom. The van der Waals surface area contributed by atoms with Gasteiger partial charge in [-0.25, -0.2) is 4.79 Å². The van der Waals surface area contributed by atoms with Crippen molar-refractivity contribution in [3.05, 3.63) is 40.4 Å². The van der Waals surface area contributed by atoms with Crippen LogP contribution in [0, 0.1) is 0 Å². The van der Waals surface area contributed by atoms with Crippen LogP contribution >= 0.6 is 11.6 Å². The lowest BCUT2D eigenvalue weighted by molar-refractivity contribution is -0.137. The zero-order valence-electron chi connectivity index (χ0n) is 16.4. The first-order chi connectivity index (χ1) is 14.3. The van der Waals surface area contributed by atoms with Crippen molar-refractivity contribution in [3.63, 3.8) is 0 Å². The van der Waals surface area contributed by atoms with Crippen LogP contribution in [0.5, 0.6) is 0 Å². The number of halogens is 4. The number of amides is 2. The average Bonchev–Trinajstić information content (AvgIpc) is 2.97. The number of hydrogen-bond donors (Lipinski definition) is 1. The Bertz CT molecular complexity index is 930. The van der Waals surface area contributed by atoms with Gasteiger partial charge in [0.05, 0.1) is 10.6 Å². The molecular weight excluding hydrogens is 419 g/mol. The molecule has 30 heavy (non-hydrogen) atoms. The van der Waals surface area contributed by atoms with Crippen LogP contribution in [-0.4, -0.2) is 38.8 Å². The summed E-state index contributed by atoms with van der Waals surface area (Å²) in [6.07, 6.45) is 1.41. The number of benzene rings is 1. The van der Waals surface area contributed by atoms with Gasteiger partial charge in [-0.1, -0.05) is 18.0 Å². The van der Waals surface area contributed by atoms with Gasteiger partial charge < -0.3 is 14.8 Å². The number of carbonyl (C=O) groups is 1. The molecular formula is C20H23ClF3N5O. The summed E-state index contributed by atoms with van der Waals surface area (Å²) in [4.78, 5) is 14.4. The minimum absolute atomic E-state index is 0.0650. The van der Waals surface area contributed by atoms with E-state index in [2.05, 4.69) is 20.1 Å². The van der Waals surface area contributed by atoms with E-state index in [1.165, 1.54) is 12.5 Å². The standard InChI is InChI=1S/C20H23ClF3N5O/c21-16-8-7-14(11-15(16)20(22,23)24)25-19(30)28-9-4-5-13(12-28)18-27-26-17-6-2-1-3-10-29(17)18/h7-8,11,13H,1-6,9-10,12H2,(H,25,30). The monoisotopic (exact) mass is 441 g/mol. The van der Waals surface area contributed by atoms with E-state index in [-0.39, 0.29) is 11.6 Å². The number of aryl methyl sites for hydroxylation is 1. The molecule has 2 amide bonds. The van der Waals surface area contributed by atoms with E-state index < -0.39 is 22.8 Å². The maximum atomic E-state index is 13.1. The van der Waals surface area contributed by atoms with Crippen molar-refractivity contribution in [1.82, 2.24) is 19.7 Å². The molecule has 6 nitrogen and oxygen atoms in total. The first-order valence-electron chi connectivity index (χ1n) is 10.2. The van der Waals surface area contributed by atoms with Gasteiger partial charge >= 0.3 is 12.2 Å². The molecule has 1 aromatic carbocycles. The number of hydrogen-bond acceptors (Lipinski definition) is 3. The number of fused-ring (bicyclic) bond motifs is 1. The van der Waals surface area contributed by atoms with Crippen molar-refractivity contribution in [3.8, 4) is 0 Å². The van der Waals surface area contributed by atoms with Crippen molar-refractivity contribution in [2.45, 2.75) is 57.2 Å². The van der Waals surface area contributed by atoms with Crippen molar-refractivity contribution >= 4 is 23.3 Å². The van der Waals surface area contributed by atoms with E-state index in [0.717, 1.165) is 62.4 Å². The summed E-state index contributed by atoms with van der Waals surface area (Å²) in [5.74, 6) is 1.99. The molecule has 1 fully saturated rings. The minimum Gasteiger partial charge on any atom is -0.324 e. The SMILES string of the molecule is O=C(Nc1ccc(Cl)c(C(F)(F)F)c1)N1CCCC(c2nnc3n2CCCCC3)C1. The molecule has 162 valence electrons. The quantitative estimate of drug-likeness (QED) is 0.706. The highest BCUT2D eigenvalue weighted by molar-refractivity contribution is 6.31. The number of urea groups is 1. The molecule has 3 heterocycles. The smallest absolute Gasteiger partial charge is 0.324 e. The van der Waals surface area contributed by atoms with Gasteiger partial charge in [0.2, 0.25) is 0 Å². The minimum atomic E-state index is -4.58. The fraction of sp³-hybridized carbons (Fsp3) is 0.550. The average molecular weight is 442 g/mol. The number of carbonyl (C=O) groups excluding carboxylic acids is 1. The number of aromatic nitrogens is 3. The highest BCUT2D eigenvalue weighted by Crippen LogP contribution is 2.36. The third kappa shape index (κ3) is 4.40. The second-order valence-electron chi connectivity index (χ2n) is 7.84. The van der Waals surface area contributed by atoms with Gasteiger partial charge in [0, 0.05) is 37.7 Å². The third-order valence-electron chi connectivity index (χ3n) is 5.73. The zero-order chi connectivity index (χ0) is 21.3. The van der Waals surface area contributed by atoms with Crippen molar-refractivity contribution in [2.24, 2.45) is 0 Å². The van der Waals surface area contributed by atoms with Crippen molar-refractivity contribution in [2.75, 3.05) is 18.4 Å². The number of nitrogens with zero attached hydrogens (tertiary/aromatic N) is 4. The summed E-state index contributed by atoms with van der Waals surface area (Å²) < 4.78 is 41.4. The van der Waals surface area contributed by atoms with Crippen LogP contribution in [0.3, 0.4) is 0 Å². The normalized spacial score (nSPS) is 19.9. The van der Waals surface area contributed by atoms with E-state index >= 15 is 0 Å². The van der Waals surface area contributed by atoms with Gasteiger partial charge in [-0.2, -0.15) is 13.2 Å². The Balaban J connectivity index is 1.47. The summed E-state index contributed by atoms with van der Waals surface area (Å²) in [5, 5.41) is 10.9. The molecule has 1 atom stereocenters. The first kappa shape index (κ1) is 21.0. The van der Waals surface area contributed by atoms with Gasteiger partial charge in [-0.05, 0) is 43.9 Å². The second-order valence-corrected chi connectivity index (χ2v) is 8.25.